The number of carbonyl (C=O) groups is 1. The number of aromatic nitrogens is 2. The lowest BCUT2D eigenvalue weighted by molar-refractivity contribution is 0.0696. The van der Waals surface area contributed by atoms with E-state index in [1.54, 1.807) is 0 Å². The monoisotopic (exact) mass is 419 g/mol. The highest BCUT2D eigenvalue weighted by molar-refractivity contribution is 7.92. The summed E-state index contributed by atoms with van der Waals surface area (Å²) in [7, 11) is -3.83. The second-order valence-corrected chi connectivity index (χ2v) is 8.60. The number of hydrogen-bond acceptors (Lipinski definition) is 6. The molecule has 0 aliphatic carbocycles. The molecule has 1 aliphatic rings. The van der Waals surface area contributed by atoms with Crippen molar-refractivity contribution in [2.75, 3.05) is 18.0 Å². The van der Waals surface area contributed by atoms with Crippen LogP contribution in [0.5, 0.6) is 0 Å². The molecule has 1 aromatic carbocycles. The summed E-state index contributed by atoms with van der Waals surface area (Å²) in [6, 6.07) is 3.09. The zero-order valence-electron chi connectivity index (χ0n) is 13.1. The van der Waals surface area contributed by atoms with E-state index in [4.69, 9.17) is 23.2 Å². The largest absolute Gasteiger partial charge is 0.477 e. The summed E-state index contributed by atoms with van der Waals surface area (Å²) in [6.45, 7) is 0.264. The second kappa shape index (κ2) is 6.98. The van der Waals surface area contributed by atoms with Crippen molar-refractivity contribution in [1.29, 1.82) is 0 Å². The van der Waals surface area contributed by atoms with Crippen molar-refractivity contribution < 1.29 is 22.7 Å². The molecule has 0 saturated carbocycles. The lowest BCUT2D eigenvalue weighted by atomic mass is 10.3. The van der Waals surface area contributed by atoms with Gasteiger partial charge in [-0.2, -0.15) is 4.98 Å². The molecule has 7 nitrogen and oxygen atoms in total. The Morgan fingerprint density at radius 1 is 1.35 bits per heavy atom. The maximum atomic E-state index is 13.2. The van der Waals surface area contributed by atoms with Crippen LogP contribution in [0.3, 0.4) is 0 Å². The van der Waals surface area contributed by atoms with Gasteiger partial charge in [-0.1, -0.05) is 11.6 Å². The zero-order valence-corrected chi connectivity index (χ0v) is 15.4. The van der Waals surface area contributed by atoms with E-state index >= 15 is 0 Å². The molecule has 2 heterocycles. The number of rotatable bonds is 4. The van der Waals surface area contributed by atoms with Gasteiger partial charge in [0, 0.05) is 19.3 Å². The first-order valence-corrected chi connectivity index (χ1v) is 9.70. The van der Waals surface area contributed by atoms with Gasteiger partial charge in [-0.3, -0.25) is 0 Å². The molecule has 1 aliphatic heterocycles. The fraction of sp³-hybridized carbons (Fsp3) is 0.267. The Balaban J connectivity index is 1.91. The van der Waals surface area contributed by atoms with Crippen LogP contribution in [0.15, 0.2) is 29.3 Å². The van der Waals surface area contributed by atoms with Crippen molar-refractivity contribution in [2.24, 2.45) is 0 Å². The van der Waals surface area contributed by atoms with Crippen LogP contribution in [0.25, 0.3) is 0 Å². The van der Waals surface area contributed by atoms with E-state index in [9.17, 15) is 22.7 Å². The standard InChI is InChI=1S/C15H12Cl2FN3O4S/c16-11-5-8(18)1-2-12(11)26(24,25)9-3-4-21(7-9)13-10(14(22)23)6-19-15(17)20-13/h1-2,5-6,9H,3-4,7H2,(H,22,23)/t9-/m0/s1. The lowest BCUT2D eigenvalue weighted by Gasteiger charge is -2.19. The van der Waals surface area contributed by atoms with E-state index in [0.717, 1.165) is 24.4 Å². The predicted molar refractivity (Wildman–Crippen MR) is 93.2 cm³/mol. The minimum atomic E-state index is -3.83. The Kier molecular flexibility index (Phi) is 5.05. The fourth-order valence-electron chi connectivity index (χ4n) is 2.80. The maximum Gasteiger partial charge on any atom is 0.341 e. The summed E-state index contributed by atoms with van der Waals surface area (Å²) in [5, 5.41) is 8.08. The molecular formula is C15H12Cl2FN3O4S. The van der Waals surface area contributed by atoms with Crippen molar-refractivity contribution in [3.8, 4) is 0 Å². The summed E-state index contributed by atoms with van der Waals surface area (Å²) in [5.74, 6) is -1.83. The number of hydrogen-bond donors (Lipinski definition) is 1. The Bertz CT molecular complexity index is 987. The number of anilines is 1. The van der Waals surface area contributed by atoms with Crippen molar-refractivity contribution in [1.82, 2.24) is 9.97 Å². The average Bonchev–Trinajstić information content (AvgIpc) is 3.04. The molecule has 138 valence electrons. The maximum absolute atomic E-state index is 13.2. The van der Waals surface area contributed by atoms with Crippen LogP contribution in [0.1, 0.15) is 16.8 Å². The van der Waals surface area contributed by atoms with Gasteiger partial charge >= 0.3 is 5.97 Å². The SMILES string of the molecule is O=C(O)c1cnc(Cl)nc1N1CC[C@H](S(=O)(=O)c2ccc(F)cc2Cl)C1. The summed E-state index contributed by atoms with van der Waals surface area (Å²) < 4.78 is 38.8. The quantitative estimate of drug-likeness (QED) is 0.600. The molecule has 0 spiro atoms. The van der Waals surface area contributed by atoms with Crippen molar-refractivity contribution >= 4 is 44.8 Å². The van der Waals surface area contributed by atoms with Gasteiger partial charge in [0.2, 0.25) is 5.28 Å². The minimum absolute atomic E-state index is 0.00363. The molecule has 11 heteroatoms. The van der Waals surface area contributed by atoms with Crippen LogP contribution in [0, 0.1) is 5.82 Å². The van der Waals surface area contributed by atoms with Gasteiger partial charge < -0.3 is 10.0 Å². The highest BCUT2D eigenvalue weighted by Crippen LogP contribution is 2.32. The summed E-state index contributed by atoms with van der Waals surface area (Å²) in [6.07, 6.45) is 1.31. The number of benzene rings is 1. The van der Waals surface area contributed by atoms with Crippen molar-refractivity contribution in [3.05, 3.63) is 46.1 Å². The van der Waals surface area contributed by atoms with E-state index in [-0.39, 0.29) is 46.1 Å². The van der Waals surface area contributed by atoms with E-state index in [2.05, 4.69) is 9.97 Å². The number of aromatic carboxylic acids is 1. The predicted octanol–water partition coefficient (Wildman–Crippen LogP) is 2.67. The summed E-state index contributed by atoms with van der Waals surface area (Å²) in [4.78, 5) is 20.3. The molecule has 1 fully saturated rings. The molecule has 3 rings (SSSR count). The minimum Gasteiger partial charge on any atom is -0.477 e. The number of carboxylic acids is 1. The molecule has 1 atom stereocenters. The van der Waals surface area contributed by atoms with E-state index in [0.29, 0.717) is 0 Å². The molecule has 0 radical (unpaired) electrons. The third-order valence-corrected chi connectivity index (χ3v) is 6.89. The Labute approximate surface area is 158 Å². The van der Waals surface area contributed by atoms with Gasteiger partial charge in [-0.15, -0.1) is 0 Å². The van der Waals surface area contributed by atoms with Gasteiger partial charge in [-0.05, 0) is 36.2 Å². The highest BCUT2D eigenvalue weighted by Gasteiger charge is 2.37. The van der Waals surface area contributed by atoms with Crippen LogP contribution in [-0.2, 0) is 9.84 Å². The Hall–Kier alpha value is -1.97. The van der Waals surface area contributed by atoms with Crippen LogP contribution in [-0.4, -0.2) is 47.8 Å². The Morgan fingerprint density at radius 2 is 2.08 bits per heavy atom. The van der Waals surface area contributed by atoms with Crippen LogP contribution >= 0.6 is 23.2 Å². The van der Waals surface area contributed by atoms with Crippen LogP contribution < -0.4 is 4.90 Å². The lowest BCUT2D eigenvalue weighted by Crippen LogP contribution is -2.29. The van der Waals surface area contributed by atoms with Gasteiger partial charge in [0.15, 0.2) is 9.84 Å². The third kappa shape index (κ3) is 3.46. The van der Waals surface area contributed by atoms with Crippen molar-refractivity contribution in [2.45, 2.75) is 16.6 Å². The number of sulfone groups is 1. The molecule has 0 amide bonds. The molecule has 2 aromatic rings. The summed E-state index contributed by atoms with van der Waals surface area (Å²) >= 11 is 11.6. The molecule has 1 N–H and O–H groups in total. The first-order valence-electron chi connectivity index (χ1n) is 7.40. The first-order chi connectivity index (χ1) is 12.2. The average molecular weight is 420 g/mol. The first kappa shape index (κ1) is 18.8. The molecular weight excluding hydrogens is 408 g/mol. The van der Waals surface area contributed by atoms with Crippen molar-refractivity contribution in [3.63, 3.8) is 0 Å². The Morgan fingerprint density at radius 3 is 2.73 bits per heavy atom. The van der Waals surface area contributed by atoms with E-state index in [1.807, 2.05) is 0 Å². The third-order valence-electron chi connectivity index (χ3n) is 4.05. The number of nitrogens with zero attached hydrogens (tertiary/aromatic N) is 3. The zero-order chi connectivity index (χ0) is 19.1. The highest BCUT2D eigenvalue weighted by atomic mass is 35.5. The molecule has 1 aromatic heterocycles. The number of halogens is 3. The van der Waals surface area contributed by atoms with Gasteiger partial charge in [0.1, 0.15) is 17.2 Å². The second-order valence-electron chi connectivity index (χ2n) is 5.66. The van der Waals surface area contributed by atoms with Gasteiger partial charge in [-0.25, -0.2) is 22.6 Å². The van der Waals surface area contributed by atoms with E-state index in [1.165, 1.54) is 4.90 Å². The normalized spacial score (nSPS) is 17.5. The molecule has 26 heavy (non-hydrogen) atoms. The fourth-order valence-corrected chi connectivity index (χ4v) is 5.16. The number of carboxylic acid groups (broad SMARTS) is 1. The van der Waals surface area contributed by atoms with Crippen LogP contribution in [0.4, 0.5) is 10.2 Å². The molecule has 1 saturated heterocycles. The van der Waals surface area contributed by atoms with Gasteiger partial charge in [0.05, 0.1) is 15.2 Å². The van der Waals surface area contributed by atoms with E-state index < -0.39 is 26.9 Å². The topological polar surface area (TPSA) is 100 Å². The smallest absolute Gasteiger partial charge is 0.341 e. The molecule has 0 unspecified atom stereocenters. The molecule has 0 bridgehead atoms. The van der Waals surface area contributed by atoms with Crippen LogP contribution in [0.2, 0.25) is 10.3 Å². The summed E-state index contributed by atoms with van der Waals surface area (Å²) in [5.41, 5.74) is -0.174. The van der Waals surface area contributed by atoms with Gasteiger partial charge in [0.25, 0.3) is 0 Å².